The van der Waals surface area contributed by atoms with Gasteiger partial charge in [-0.3, -0.25) is 0 Å². The molecule has 110 valence electrons. The summed E-state index contributed by atoms with van der Waals surface area (Å²) in [4.78, 5) is 4.54. The Hall–Kier alpha value is -2.65. The standard InChI is InChI=1S/C19H18N2O/c1-14-17(19(22)15-8-4-2-5-9-15)12-13-18(20-14)21-16-10-6-3-7-11-16/h2-13,19,22H,1H3,(H,20,21)/t19-/m0/s1. The topological polar surface area (TPSA) is 45.2 Å². The van der Waals surface area contributed by atoms with Crippen molar-refractivity contribution in [3.63, 3.8) is 0 Å². The molecule has 3 nitrogen and oxygen atoms in total. The van der Waals surface area contributed by atoms with Gasteiger partial charge < -0.3 is 10.4 Å². The van der Waals surface area contributed by atoms with Crippen LogP contribution in [0.1, 0.15) is 22.9 Å². The summed E-state index contributed by atoms with van der Waals surface area (Å²) in [6.07, 6.45) is -0.653. The molecule has 1 aromatic heterocycles. The van der Waals surface area contributed by atoms with Gasteiger partial charge in [-0.2, -0.15) is 0 Å². The Bertz CT molecular complexity index is 742. The van der Waals surface area contributed by atoms with Crippen molar-refractivity contribution in [2.75, 3.05) is 5.32 Å². The van der Waals surface area contributed by atoms with Gasteiger partial charge in [0.05, 0.1) is 0 Å². The summed E-state index contributed by atoms with van der Waals surface area (Å²) in [5.74, 6) is 0.771. The zero-order valence-electron chi connectivity index (χ0n) is 12.4. The van der Waals surface area contributed by atoms with E-state index in [0.717, 1.165) is 28.3 Å². The number of aliphatic hydroxyl groups is 1. The number of nitrogens with zero attached hydrogens (tertiary/aromatic N) is 1. The van der Waals surface area contributed by atoms with E-state index in [2.05, 4.69) is 10.3 Å². The number of aromatic nitrogens is 1. The number of hydrogen-bond acceptors (Lipinski definition) is 3. The predicted octanol–water partition coefficient (Wildman–Crippen LogP) is 4.22. The Labute approximate surface area is 130 Å². The maximum absolute atomic E-state index is 10.5. The molecular weight excluding hydrogens is 272 g/mol. The average molecular weight is 290 g/mol. The maximum atomic E-state index is 10.5. The number of pyridine rings is 1. The molecule has 1 atom stereocenters. The number of aryl methyl sites for hydroxylation is 1. The monoisotopic (exact) mass is 290 g/mol. The van der Waals surface area contributed by atoms with E-state index in [9.17, 15) is 5.11 Å². The second-order valence-electron chi connectivity index (χ2n) is 5.18. The SMILES string of the molecule is Cc1nc(Nc2ccccc2)ccc1[C@@H](O)c1ccccc1. The maximum Gasteiger partial charge on any atom is 0.130 e. The number of anilines is 2. The van der Waals surface area contributed by atoms with Crippen molar-refractivity contribution < 1.29 is 5.11 Å². The van der Waals surface area contributed by atoms with Gasteiger partial charge in [0.2, 0.25) is 0 Å². The van der Waals surface area contributed by atoms with Crippen LogP contribution in [-0.2, 0) is 0 Å². The summed E-state index contributed by atoms with van der Waals surface area (Å²) in [6, 6.07) is 23.3. The molecule has 3 heteroatoms. The smallest absolute Gasteiger partial charge is 0.130 e. The molecule has 2 aromatic carbocycles. The second kappa shape index (κ2) is 6.41. The fourth-order valence-electron chi connectivity index (χ4n) is 2.41. The molecular formula is C19H18N2O. The highest BCUT2D eigenvalue weighted by Crippen LogP contribution is 2.25. The molecule has 0 aliphatic rings. The van der Waals surface area contributed by atoms with Crippen LogP contribution in [-0.4, -0.2) is 10.1 Å². The number of nitrogens with one attached hydrogen (secondary N) is 1. The first-order valence-corrected chi connectivity index (χ1v) is 7.26. The molecule has 2 N–H and O–H groups in total. The Morgan fingerprint density at radius 1 is 0.864 bits per heavy atom. The van der Waals surface area contributed by atoms with Gasteiger partial charge in [0.15, 0.2) is 0 Å². The Morgan fingerprint density at radius 2 is 1.50 bits per heavy atom. The summed E-state index contributed by atoms with van der Waals surface area (Å²) in [6.45, 7) is 1.91. The minimum atomic E-state index is -0.653. The Balaban J connectivity index is 1.83. The van der Waals surface area contributed by atoms with Gasteiger partial charge in [-0.15, -0.1) is 0 Å². The van der Waals surface area contributed by atoms with Gasteiger partial charge in [0, 0.05) is 16.9 Å². The molecule has 0 aliphatic heterocycles. The van der Waals surface area contributed by atoms with Crippen molar-refractivity contribution in [3.8, 4) is 0 Å². The van der Waals surface area contributed by atoms with Crippen LogP contribution in [0.4, 0.5) is 11.5 Å². The lowest BCUT2D eigenvalue weighted by atomic mass is 10.0. The van der Waals surface area contributed by atoms with Gasteiger partial charge in [0.1, 0.15) is 11.9 Å². The van der Waals surface area contributed by atoms with E-state index < -0.39 is 6.10 Å². The van der Waals surface area contributed by atoms with Crippen molar-refractivity contribution in [3.05, 3.63) is 89.6 Å². The van der Waals surface area contributed by atoms with E-state index >= 15 is 0 Å². The first kappa shape index (κ1) is 14.3. The van der Waals surface area contributed by atoms with Crippen LogP contribution in [0.5, 0.6) is 0 Å². The van der Waals surface area contributed by atoms with Gasteiger partial charge in [-0.25, -0.2) is 4.98 Å². The van der Waals surface area contributed by atoms with Crippen molar-refractivity contribution in [1.29, 1.82) is 0 Å². The molecule has 3 aromatic rings. The van der Waals surface area contributed by atoms with Crippen LogP contribution in [0.15, 0.2) is 72.8 Å². The fraction of sp³-hybridized carbons (Fsp3) is 0.105. The van der Waals surface area contributed by atoms with Gasteiger partial charge in [-0.1, -0.05) is 54.6 Å². The largest absolute Gasteiger partial charge is 0.384 e. The third-order valence-electron chi connectivity index (χ3n) is 3.58. The lowest BCUT2D eigenvalue weighted by Gasteiger charge is -2.15. The number of para-hydroxylation sites is 1. The van der Waals surface area contributed by atoms with Crippen LogP contribution >= 0.6 is 0 Å². The van der Waals surface area contributed by atoms with Gasteiger partial charge in [0.25, 0.3) is 0 Å². The number of benzene rings is 2. The quantitative estimate of drug-likeness (QED) is 0.756. The van der Waals surface area contributed by atoms with Gasteiger partial charge >= 0.3 is 0 Å². The molecule has 0 saturated carbocycles. The summed E-state index contributed by atoms with van der Waals surface area (Å²) in [5.41, 5.74) is 3.50. The van der Waals surface area contributed by atoms with Crippen LogP contribution < -0.4 is 5.32 Å². The molecule has 22 heavy (non-hydrogen) atoms. The predicted molar refractivity (Wildman–Crippen MR) is 89.2 cm³/mol. The minimum Gasteiger partial charge on any atom is -0.384 e. The molecule has 1 heterocycles. The molecule has 0 unspecified atom stereocenters. The van der Waals surface area contributed by atoms with E-state index in [0.29, 0.717) is 0 Å². The van der Waals surface area contributed by atoms with Crippen LogP contribution in [0.3, 0.4) is 0 Å². The number of rotatable bonds is 4. The number of aliphatic hydroxyl groups excluding tert-OH is 1. The lowest BCUT2D eigenvalue weighted by molar-refractivity contribution is 0.219. The Kier molecular flexibility index (Phi) is 4.17. The van der Waals surface area contributed by atoms with Crippen molar-refractivity contribution in [1.82, 2.24) is 4.98 Å². The molecule has 0 aliphatic carbocycles. The highest BCUT2D eigenvalue weighted by atomic mass is 16.3. The van der Waals surface area contributed by atoms with E-state index in [1.54, 1.807) is 0 Å². The second-order valence-corrected chi connectivity index (χ2v) is 5.18. The summed E-state index contributed by atoms with van der Waals surface area (Å²) in [5, 5.41) is 13.8. The summed E-state index contributed by atoms with van der Waals surface area (Å²) in [7, 11) is 0. The summed E-state index contributed by atoms with van der Waals surface area (Å²) >= 11 is 0. The number of hydrogen-bond donors (Lipinski definition) is 2. The normalized spacial score (nSPS) is 11.9. The third-order valence-corrected chi connectivity index (χ3v) is 3.58. The lowest BCUT2D eigenvalue weighted by Crippen LogP contribution is -2.05. The fourth-order valence-corrected chi connectivity index (χ4v) is 2.41. The van der Waals surface area contributed by atoms with Crippen molar-refractivity contribution in [2.45, 2.75) is 13.0 Å². The van der Waals surface area contributed by atoms with Crippen LogP contribution in [0.2, 0.25) is 0 Å². The van der Waals surface area contributed by atoms with Gasteiger partial charge in [-0.05, 0) is 30.7 Å². The van der Waals surface area contributed by atoms with E-state index in [4.69, 9.17) is 0 Å². The molecule has 3 rings (SSSR count). The summed E-state index contributed by atoms with van der Waals surface area (Å²) < 4.78 is 0. The molecule has 0 bridgehead atoms. The first-order chi connectivity index (χ1) is 10.7. The zero-order chi connectivity index (χ0) is 15.4. The minimum absolute atomic E-state index is 0.653. The van der Waals surface area contributed by atoms with Crippen molar-refractivity contribution >= 4 is 11.5 Å². The Morgan fingerprint density at radius 3 is 2.14 bits per heavy atom. The molecule has 0 amide bonds. The third kappa shape index (κ3) is 3.15. The highest BCUT2D eigenvalue weighted by Gasteiger charge is 2.13. The first-order valence-electron chi connectivity index (χ1n) is 7.26. The van der Waals surface area contributed by atoms with Crippen molar-refractivity contribution in [2.24, 2.45) is 0 Å². The van der Waals surface area contributed by atoms with E-state index in [1.807, 2.05) is 79.7 Å². The van der Waals surface area contributed by atoms with Crippen LogP contribution in [0, 0.1) is 6.92 Å². The molecule has 0 fully saturated rings. The molecule has 0 spiro atoms. The molecule has 0 saturated heterocycles. The average Bonchev–Trinajstić information content (AvgIpc) is 2.56. The van der Waals surface area contributed by atoms with E-state index in [-0.39, 0.29) is 0 Å². The molecule has 0 radical (unpaired) electrons. The van der Waals surface area contributed by atoms with E-state index in [1.165, 1.54) is 0 Å². The van der Waals surface area contributed by atoms with Crippen LogP contribution in [0.25, 0.3) is 0 Å². The zero-order valence-corrected chi connectivity index (χ0v) is 12.4. The highest BCUT2D eigenvalue weighted by molar-refractivity contribution is 5.56.